The summed E-state index contributed by atoms with van der Waals surface area (Å²) in [5, 5.41) is 0. The van der Waals surface area contributed by atoms with E-state index in [1.54, 1.807) is 7.11 Å². The second-order valence-corrected chi connectivity index (χ2v) is 4.47. The maximum atomic E-state index is 5.59. The zero-order valence-corrected chi connectivity index (χ0v) is 10.4. The fourth-order valence-corrected chi connectivity index (χ4v) is 1.70. The summed E-state index contributed by atoms with van der Waals surface area (Å²) in [5.41, 5.74) is 4.05. The number of nitrogens with one attached hydrogen (secondary N) is 1. The van der Waals surface area contributed by atoms with Gasteiger partial charge in [-0.15, -0.1) is 0 Å². The summed E-state index contributed by atoms with van der Waals surface area (Å²) >= 11 is 0. The van der Waals surface area contributed by atoms with Gasteiger partial charge in [0.15, 0.2) is 0 Å². The molecule has 0 aliphatic heterocycles. The van der Waals surface area contributed by atoms with E-state index in [2.05, 4.69) is 25.3 Å². The molecule has 0 spiro atoms. The predicted octanol–water partition coefficient (Wildman–Crippen LogP) is 2.64. The monoisotopic (exact) mass is 222 g/mol. The minimum Gasteiger partial charge on any atom is -0.497 e. The van der Waals surface area contributed by atoms with Gasteiger partial charge in [0, 0.05) is 6.04 Å². The van der Waals surface area contributed by atoms with Crippen LogP contribution in [0.4, 0.5) is 0 Å². The average Bonchev–Trinajstić information content (AvgIpc) is 2.30. The van der Waals surface area contributed by atoms with Gasteiger partial charge in [0.05, 0.1) is 7.11 Å². The van der Waals surface area contributed by atoms with Crippen molar-refractivity contribution in [3.63, 3.8) is 0 Å². The van der Waals surface area contributed by atoms with Gasteiger partial charge < -0.3 is 4.74 Å². The van der Waals surface area contributed by atoms with Crippen LogP contribution in [0.3, 0.4) is 0 Å². The normalized spacial score (nSPS) is 12.8. The van der Waals surface area contributed by atoms with Gasteiger partial charge >= 0.3 is 0 Å². The number of hydrogen-bond donors (Lipinski definition) is 2. The summed E-state index contributed by atoms with van der Waals surface area (Å²) < 4.78 is 5.21. The van der Waals surface area contributed by atoms with Crippen molar-refractivity contribution in [2.75, 3.05) is 7.11 Å². The molecule has 0 saturated carbocycles. The van der Waals surface area contributed by atoms with Gasteiger partial charge in [-0.3, -0.25) is 11.3 Å². The van der Waals surface area contributed by atoms with Crippen LogP contribution < -0.4 is 16.0 Å². The van der Waals surface area contributed by atoms with Crippen LogP contribution in [0.15, 0.2) is 24.3 Å². The molecular weight excluding hydrogens is 200 g/mol. The highest BCUT2D eigenvalue weighted by Gasteiger charge is 2.10. The second kappa shape index (κ2) is 6.51. The highest BCUT2D eigenvalue weighted by Crippen LogP contribution is 2.23. The minimum absolute atomic E-state index is 0.206. The van der Waals surface area contributed by atoms with E-state index in [0.29, 0.717) is 5.92 Å². The lowest BCUT2D eigenvalue weighted by Gasteiger charge is -2.18. The molecule has 1 atom stereocenters. The third-order valence-electron chi connectivity index (χ3n) is 2.73. The summed E-state index contributed by atoms with van der Waals surface area (Å²) in [6, 6.07) is 8.25. The number of methoxy groups -OCH3 is 1. The Balaban J connectivity index is 2.70. The van der Waals surface area contributed by atoms with Crippen LogP contribution in [-0.2, 0) is 0 Å². The van der Waals surface area contributed by atoms with Crippen LogP contribution in [0.1, 0.15) is 38.3 Å². The van der Waals surface area contributed by atoms with Crippen LogP contribution in [0.2, 0.25) is 0 Å². The summed E-state index contributed by atoms with van der Waals surface area (Å²) in [7, 11) is 1.68. The van der Waals surface area contributed by atoms with E-state index >= 15 is 0 Å². The molecular formula is C13H22N2O. The molecule has 1 aromatic carbocycles. The van der Waals surface area contributed by atoms with Crippen LogP contribution in [-0.4, -0.2) is 7.11 Å². The van der Waals surface area contributed by atoms with E-state index in [1.807, 2.05) is 18.2 Å². The van der Waals surface area contributed by atoms with Crippen molar-refractivity contribution in [2.24, 2.45) is 11.8 Å². The molecule has 0 aromatic heterocycles. The zero-order valence-electron chi connectivity index (χ0n) is 10.4. The third-order valence-corrected chi connectivity index (χ3v) is 2.73. The Hall–Kier alpha value is -1.06. The Morgan fingerprint density at radius 2 is 2.06 bits per heavy atom. The van der Waals surface area contributed by atoms with Crippen molar-refractivity contribution < 1.29 is 4.74 Å². The Bertz CT molecular complexity index is 313. The van der Waals surface area contributed by atoms with Gasteiger partial charge in [-0.1, -0.05) is 26.0 Å². The molecule has 0 aliphatic carbocycles. The molecule has 0 fully saturated rings. The standard InChI is InChI=1S/C13H22N2O/c1-10(2)7-8-13(15-14)11-5-4-6-12(9-11)16-3/h4-6,9-10,13,15H,7-8,14H2,1-3H3. The van der Waals surface area contributed by atoms with E-state index in [-0.39, 0.29) is 6.04 Å². The molecule has 0 aliphatic rings. The summed E-state index contributed by atoms with van der Waals surface area (Å²) in [5.74, 6) is 7.16. The molecule has 3 heteroatoms. The van der Waals surface area contributed by atoms with Gasteiger partial charge in [0.2, 0.25) is 0 Å². The quantitative estimate of drug-likeness (QED) is 0.574. The maximum Gasteiger partial charge on any atom is 0.119 e. The molecule has 1 rings (SSSR count). The number of hydrogen-bond acceptors (Lipinski definition) is 3. The molecule has 3 nitrogen and oxygen atoms in total. The minimum atomic E-state index is 0.206. The van der Waals surface area contributed by atoms with Crippen LogP contribution >= 0.6 is 0 Å². The van der Waals surface area contributed by atoms with Crippen LogP contribution in [0, 0.1) is 5.92 Å². The third kappa shape index (κ3) is 3.83. The lowest BCUT2D eigenvalue weighted by molar-refractivity contribution is 0.410. The molecule has 0 amide bonds. The van der Waals surface area contributed by atoms with Crippen molar-refractivity contribution in [3.05, 3.63) is 29.8 Å². The number of hydrazine groups is 1. The zero-order chi connectivity index (χ0) is 12.0. The average molecular weight is 222 g/mol. The number of nitrogens with two attached hydrogens (primary N) is 1. The molecule has 0 radical (unpaired) electrons. The van der Waals surface area contributed by atoms with E-state index in [1.165, 1.54) is 5.56 Å². The smallest absolute Gasteiger partial charge is 0.119 e. The number of benzene rings is 1. The first kappa shape index (κ1) is 13.0. The Morgan fingerprint density at radius 3 is 2.62 bits per heavy atom. The first-order valence-electron chi connectivity index (χ1n) is 5.77. The maximum absolute atomic E-state index is 5.59. The number of rotatable bonds is 6. The first-order chi connectivity index (χ1) is 7.67. The SMILES string of the molecule is COc1cccc(C(CCC(C)C)NN)c1. The van der Waals surface area contributed by atoms with Crippen molar-refractivity contribution in [1.29, 1.82) is 0 Å². The largest absolute Gasteiger partial charge is 0.497 e. The summed E-state index contributed by atoms with van der Waals surface area (Å²) in [6.07, 6.45) is 2.20. The predicted molar refractivity (Wildman–Crippen MR) is 67.1 cm³/mol. The van der Waals surface area contributed by atoms with Gasteiger partial charge in [0.25, 0.3) is 0 Å². The molecule has 90 valence electrons. The van der Waals surface area contributed by atoms with Crippen molar-refractivity contribution in [2.45, 2.75) is 32.7 Å². The molecule has 0 bridgehead atoms. The van der Waals surface area contributed by atoms with Crippen LogP contribution in [0.5, 0.6) is 5.75 Å². The fraction of sp³-hybridized carbons (Fsp3) is 0.538. The molecule has 1 unspecified atom stereocenters. The topological polar surface area (TPSA) is 47.3 Å². The van der Waals surface area contributed by atoms with E-state index in [0.717, 1.165) is 18.6 Å². The Labute approximate surface area is 98.0 Å². The summed E-state index contributed by atoms with van der Waals surface area (Å²) in [4.78, 5) is 0. The van der Waals surface area contributed by atoms with Gasteiger partial charge in [0.1, 0.15) is 5.75 Å². The molecule has 16 heavy (non-hydrogen) atoms. The Kier molecular flexibility index (Phi) is 5.29. The lowest BCUT2D eigenvalue weighted by atomic mass is 9.98. The molecule has 0 heterocycles. The van der Waals surface area contributed by atoms with Crippen molar-refractivity contribution in [1.82, 2.24) is 5.43 Å². The number of ether oxygens (including phenoxy) is 1. The highest BCUT2D eigenvalue weighted by molar-refractivity contribution is 5.30. The lowest BCUT2D eigenvalue weighted by Crippen LogP contribution is -2.28. The summed E-state index contributed by atoms with van der Waals surface area (Å²) in [6.45, 7) is 4.44. The fourth-order valence-electron chi connectivity index (χ4n) is 1.70. The van der Waals surface area contributed by atoms with Crippen LogP contribution in [0.25, 0.3) is 0 Å². The van der Waals surface area contributed by atoms with Crippen molar-refractivity contribution >= 4 is 0 Å². The van der Waals surface area contributed by atoms with E-state index < -0.39 is 0 Å². The highest BCUT2D eigenvalue weighted by atomic mass is 16.5. The second-order valence-electron chi connectivity index (χ2n) is 4.47. The van der Waals surface area contributed by atoms with E-state index in [9.17, 15) is 0 Å². The first-order valence-corrected chi connectivity index (χ1v) is 5.77. The molecule has 0 saturated heterocycles. The van der Waals surface area contributed by atoms with Crippen molar-refractivity contribution in [3.8, 4) is 5.75 Å². The molecule has 3 N–H and O–H groups in total. The Morgan fingerprint density at radius 1 is 1.31 bits per heavy atom. The van der Waals surface area contributed by atoms with Gasteiger partial charge in [-0.2, -0.15) is 0 Å². The molecule has 1 aromatic rings. The van der Waals surface area contributed by atoms with Gasteiger partial charge in [-0.05, 0) is 36.5 Å². The van der Waals surface area contributed by atoms with E-state index in [4.69, 9.17) is 10.6 Å². The van der Waals surface area contributed by atoms with Gasteiger partial charge in [-0.25, -0.2) is 0 Å².